The SMILES string of the molecule is C[C@H]1CN(Cc2ccccc2NC(=O)c2ccc3c(c2)NC(=O)CS3)C[C@H](C)O1. The Morgan fingerprint density at radius 3 is 2.76 bits per heavy atom. The number of para-hydroxylation sites is 1. The molecule has 0 unspecified atom stereocenters. The molecule has 0 bridgehead atoms. The second-order valence-corrected chi connectivity index (χ2v) is 8.63. The number of benzene rings is 2. The minimum atomic E-state index is -0.186. The number of anilines is 2. The first kappa shape index (κ1) is 19.9. The fourth-order valence-electron chi connectivity index (χ4n) is 3.85. The van der Waals surface area contributed by atoms with Gasteiger partial charge in [0.2, 0.25) is 5.91 Å². The van der Waals surface area contributed by atoms with Crippen molar-refractivity contribution in [1.29, 1.82) is 0 Å². The predicted octanol–water partition coefficient (Wildman–Crippen LogP) is 3.59. The van der Waals surface area contributed by atoms with Crippen molar-refractivity contribution in [3.05, 3.63) is 53.6 Å². The van der Waals surface area contributed by atoms with E-state index in [0.29, 0.717) is 17.0 Å². The molecule has 0 radical (unpaired) electrons. The van der Waals surface area contributed by atoms with Gasteiger partial charge in [0.25, 0.3) is 5.91 Å². The van der Waals surface area contributed by atoms with E-state index >= 15 is 0 Å². The summed E-state index contributed by atoms with van der Waals surface area (Å²) in [5.74, 6) is 0.179. The Kier molecular flexibility index (Phi) is 5.89. The topological polar surface area (TPSA) is 70.7 Å². The fraction of sp³-hybridized carbons (Fsp3) is 0.364. The quantitative estimate of drug-likeness (QED) is 0.805. The summed E-state index contributed by atoms with van der Waals surface area (Å²) in [5.41, 5.74) is 3.10. The Labute approximate surface area is 175 Å². The number of nitrogens with zero attached hydrogens (tertiary/aromatic N) is 1. The van der Waals surface area contributed by atoms with Crippen molar-refractivity contribution in [3.63, 3.8) is 0 Å². The lowest BCUT2D eigenvalue weighted by atomic mass is 10.1. The molecule has 6 nitrogen and oxygen atoms in total. The average Bonchev–Trinajstić information content (AvgIpc) is 2.68. The Morgan fingerprint density at radius 2 is 1.97 bits per heavy atom. The standard InChI is InChI=1S/C22H25N3O3S/c1-14-10-25(11-15(2)28-14)12-17-5-3-4-6-18(17)24-22(27)16-7-8-20-19(9-16)23-21(26)13-29-20/h3-9,14-15H,10-13H2,1-2H3,(H,23,26)(H,24,27)/t14-,15-/m0/s1. The van der Waals surface area contributed by atoms with Gasteiger partial charge in [-0.3, -0.25) is 14.5 Å². The van der Waals surface area contributed by atoms with Gasteiger partial charge in [0, 0.05) is 35.8 Å². The lowest BCUT2D eigenvalue weighted by Gasteiger charge is -2.35. The van der Waals surface area contributed by atoms with Gasteiger partial charge >= 0.3 is 0 Å². The molecule has 2 aromatic rings. The van der Waals surface area contributed by atoms with Crippen LogP contribution in [0.3, 0.4) is 0 Å². The lowest BCUT2D eigenvalue weighted by molar-refractivity contribution is -0.113. The number of amides is 2. The number of carbonyl (C=O) groups is 2. The van der Waals surface area contributed by atoms with E-state index in [1.165, 1.54) is 11.8 Å². The van der Waals surface area contributed by atoms with E-state index < -0.39 is 0 Å². The zero-order chi connectivity index (χ0) is 20.4. The van der Waals surface area contributed by atoms with Crippen LogP contribution in [0.1, 0.15) is 29.8 Å². The molecule has 0 aliphatic carbocycles. The molecule has 2 aromatic carbocycles. The highest BCUT2D eigenvalue weighted by atomic mass is 32.2. The molecule has 152 valence electrons. The van der Waals surface area contributed by atoms with Crippen molar-refractivity contribution < 1.29 is 14.3 Å². The van der Waals surface area contributed by atoms with Crippen LogP contribution in [-0.2, 0) is 16.1 Å². The van der Waals surface area contributed by atoms with E-state index in [9.17, 15) is 9.59 Å². The molecule has 2 heterocycles. The normalized spacial score (nSPS) is 21.9. The summed E-state index contributed by atoms with van der Waals surface area (Å²) in [6, 6.07) is 13.3. The third-order valence-corrected chi connectivity index (χ3v) is 6.10. The summed E-state index contributed by atoms with van der Waals surface area (Å²) in [4.78, 5) is 27.8. The highest BCUT2D eigenvalue weighted by Gasteiger charge is 2.23. The highest BCUT2D eigenvalue weighted by Crippen LogP contribution is 2.32. The number of hydrogen-bond acceptors (Lipinski definition) is 5. The van der Waals surface area contributed by atoms with Crippen LogP contribution < -0.4 is 10.6 Å². The maximum Gasteiger partial charge on any atom is 0.255 e. The second-order valence-electron chi connectivity index (χ2n) is 7.61. The number of ether oxygens (including phenoxy) is 1. The number of carbonyl (C=O) groups excluding carboxylic acids is 2. The van der Waals surface area contributed by atoms with Crippen LogP contribution in [-0.4, -0.2) is 47.8 Å². The number of morpholine rings is 1. The molecule has 2 N–H and O–H groups in total. The number of rotatable bonds is 4. The third-order valence-electron chi connectivity index (χ3n) is 5.03. The van der Waals surface area contributed by atoms with Crippen LogP contribution in [0.4, 0.5) is 11.4 Å². The summed E-state index contributed by atoms with van der Waals surface area (Å²) < 4.78 is 5.82. The van der Waals surface area contributed by atoms with Crippen molar-refractivity contribution >= 4 is 35.0 Å². The van der Waals surface area contributed by atoms with Gasteiger partial charge in [-0.25, -0.2) is 0 Å². The van der Waals surface area contributed by atoms with Crippen LogP contribution >= 0.6 is 11.8 Å². The monoisotopic (exact) mass is 411 g/mol. The van der Waals surface area contributed by atoms with Gasteiger partial charge in [-0.2, -0.15) is 0 Å². The second kappa shape index (κ2) is 8.57. The predicted molar refractivity (Wildman–Crippen MR) is 115 cm³/mol. The molecule has 1 saturated heterocycles. The minimum absolute atomic E-state index is 0.0422. The van der Waals surface area contributed by atoms with Crippen molar-refractivity contribution in [1.82, 2.24) is 4.90 Å². The van der Waals surface area contributed by atoms with E-state index in [4.69, 9.17) is 4.74 Å². The zero-order valence-electron chi connectivity index (χ0n) is 16.6. The number of nitrogens with one attached hydrogen (secondary N) is 2. The van der Waals surface area contributed by atoms with Crippen molar-refractivity contribution in [2.45, 2.75) is 37.5 Å². The average molecular weight is 412 g/mol. The molecule has 4 rings (SSSR count). The molecule has 2 aliphatic heterocycles. The zero-order valence-corrected chi connectivity index (χ0v) is 17.4. The summed E-state index contributed by atoms with van der Waals surface area (Å²) in [6.45, 7) is 6.67. The molecule has 0 spiro atoms. The molecule has 0 saturated carbocycles. The van der Waals surface area contributed by atoms with Gasteiger partial charge in [-0.05, 0) is 43.7 Å². The number of fused-ring (bicyclic) bond motifs is 1. The molecule has 1 fully saturated rings. The summed E-state index contributed by atoms with van der Waals surface area (Å²) >= 11 is 1.48. The maximum atomic E-state index is 12.9. The molecular formula is C22H25N3O3S. The molecule has 0 aromatic heterocycles. The minimum Gasteiger partial charge on any atom is -0.373 e. The van der Waals surface area contributed by atoms with Crippen molar-refractivity contribution in [2.24, 2.45) is 0 Å². The first-order valence-corrected chi connectivity index (χ1v) is 10.8. The molecular weight excluding hydrogens is 386 g/mol. The highest BCUT2D eigenvalue weighted by molar-refractivity contribution is 8.00. The third kappa shape index (κ3) is 4.80. The fourth-order valence-corrected chi connectivity index (χ4v) is 4.64. The van der Waals surface area contributed by atoms with Crippen LogP contribution in [0, 0.1) is 0 Å². The van der Waals surface area contributed by atoms with Crippen molar-refractivity contribution in [3.8, 4) is 0 Å². The van der Waals surface area contributed by atoms with E-state index in [0.717, 1.165) is 35.8 Å². The Bertz CT molecular complexity index is 923. The molecule has 2 atom stereocenters. The molecule has 2 aliphatic rings. The van der Waals surface area contributed by atoms with Crippen LogP contribution in [0.15, 0.2) is 47.4 Å². The number of hydrogen-bond donors (Lipinski definition) is 2. The summed E-state index contributed by atoms with van der Waals surface area (Å²) in [7, 11) is 0. The van der Waals surface area contributed by atoms with Gasteiger partial charge in [0.1, 0.15) is 0 Å². The van der Waals surface area contributed by atoms with Gasteiger partial charge in [-0.1, -0.05) is 18.2 Å². The van der Waals surface area contributed by atoms with Gasteiger partial charge in [0.15, 0.2) is 0 Å². The largest absolute Gasteiger partial charge is 0.373 e. The van der Waals surface area contributed by atoms with Gasteiger partial charge < -0.3 is 15.4 Å². The van der Waals surface area contributed by atoms with E-state index in [1.807, 2.05) is 30.3 Å². The van der Waals surface area contributed by atoms with Crippen molar-refractivity contribution in [2.75, 3.05) is 29.5 Å². The summed E-state index contributed by atoms with van der Waals surface area (Å²) in [5, 5.41) is 5.88. The van der Waals surface area contributed by atoms with E-state index in [1.54, 1.807) is 12.1 Å². The Hall–Kier alpha value is -2.35. The maximum absolute atomic E-state index is 12.9. The lowest BCUT2D eigenvalue weighted by Crippen LogP contribution is -2.44. The first-order chi connectivity index (χ1) is 14.0. The molecule has 2 amide bonds. The van der Waals surface area contributed by atoms with E-state index in [-0.39, 0.29) is 24.0 Å². The van der Waals surface area contributed by atoms with Crippen LogP contribution in [0.2, 0.25) is 0 Å². The van der Waals surface area contributed by atoms with Gasteiger partial charge in [-0.15, -0.1) is 11.8 Å². The Morgan fingerprint density at radius 1 is 1.21 bits per heavy atom. The summed E-state index contributed by atoms with van der Waals surface area (Å²) in [6.07, 6.45) is 0.396. The first-order valence-electron chi connectivity index (χ1n) is 9.81. The van der Waals surface area contributed by atoms with Crippen LogP contribution in [0.5, 0.6) is 0 Å². The van der Waals surface area contributed by atoms with Gasteiger partial charge in [0.05, 0.1) is 23.6 Å². The Balaban J connectivity index is 1.49. The van der Waals surface area contributed by atoms with E-state index in [2.05, 4.69) is 29.4 Å². The smallest absolute Gasteiger partial charge is 0.255 e. The molecule has 29 heavy (non-hydrogen) atoms. The van der Waals surface area contributed by atoms with Crippen LogP contribution in [0.25, 0.3) is 0 Å². The number of thioether (sulfide) groups is 1. The molecule has 7 heteroatoms.